The summed E-state index contributed by atoms with van der Waals surface area (Å²) in [5.41, 5.74) is 0. The number of aromatic nitrogens is 1. The topological polar surface area (TPSA) is 39.1 Å². The Morgan fingerprint density at radius 1 is 1.22 bits per heavy atom. The summed E-state index contributed by atoms with van der Waals surface area (Å²) in [6, 6.07) is 3.58. The molecule has 1 rings (SSSR count). The van der Waals surface area contributed by atoms with Gasteiger partial charge in [0.05, 0.1) is 0 Å². The zero-order valence-corrected chi connectivity index (χ0v) is 5.62. The Bertz CT molecular complexity index is 229. The molecule has 3 nitrogen and oxygen atoms in total. The third-order valence-electron chi connectivity index (χ3n) is 0.945. The van der Waals surface area contributed by atoms with Crippen molar-refractivity contribution in [1.82, 2.24) is 4.57 Å². The molecule has 0 N–H and O–H groups in total. The second-order valence-corrected chi connectivity index (χ2v) is 2.62. The Hall–Kier alpha value is -0.770. The van der Waals surface area contributed by atoms with Crippen LogP contribution in [0.4, 0.5) is 0 Å². The van der Waals surface area contributed by atoms with E-state index in [9.17, 15) is 8.42 Å². The van der Waals surface area contributed by atoms with Gasteiger partial charge in [-0.15, -0.1) is 0 Å². The van der Waals surface area contributed by atoms with Crippen LogP contribution in [-0.2, 0) is 16.6 Å². The van der Waals surface area contributed by atoms with E-state index in [1.54, 1.807) is 29.1 Å². The normalized spacial score (nSPS) is 10.3. The van der Waals surface area contributed by atoms with Crippen molar-refractivity contribution in [1.29, 1.82) is 0 Å². The minimum absolute atomic E-state index is 0.0856. The summed E-state index contributed by atoms with van der Waals surface area (Å²) < 4.78 is 21.8. The second-order valence-electron chi connectivity index (χ2n) is 1.67. The third kappa shape index (κ3) is 1.89. The van der Waals surface area contributed by atoms with E-state index in [0.29, 0.717) is 0 Å². The van der Waals surface area contributed by atoms with Gasteiger partial charge in [0.1, 0.15) is 5.88 Å². The van der Waals surface area contributed by atoms with E-state index in [1.807, 2.05) is 0 Å². The van der Waals surface area contributed by atoms with Gasteiger partial charge in [0, 0.05) is 12.4 Å². The first kappa shape index (κ1) is 6.35. The maximum Gasteiger partial charge on any atom is 0.158 e. The smallest absolute Gasteiger partial charge is 0.158 e. The Labute approximate surface area is 54.9 Å². The molecule has 0 aromatic carbocycles. The molecular formula is C5H7NO2S. The first-order valence-electron chi connectivity index (χ1n) is 2.51. The van der Waals surface area contributed by atoms with E-state index >= 15 is 0 Å². The van der Waals surface area contributed by atoms with Crippen LogP contribution >= 0.6 is 0 Å². The number of thiol groups is 1. The molecule has 0 aliphatic heterocycles. The molecule has 0 atom stereocenters. The summed E-state index contributed by atoms with van der Waals surface area (Å²) in [7, 11) is -2.29. The highest BCUT2D eigenvalue weighted by Crippen LogP contribution is 1.88. The highest BCUT2D eigenvalue weighted by molar-refractivity contribution is 7.71. The molecule has 0 saturated heterocycles. The average Bonchev–Trinajstić information content (AvgIpc) is 2.15. The van der Waals surface area contributed by atoms with Crippen molar-refractivity contribution in [2.24, 2.45) is 0 Å². The van der Waals surface area contributed by atoms with E-state index in [1.165, 1.54) is 0 Å². The van der Waals surface area contributed by atoms with Crippen LogP contribution in [-0.4, -0.2) is 13.0 Å². The molecule has 1 aromatic heterocycles. The Morgan fingerprint density at radius 3 is 2.22 bits per heavy atom. The van der Waals surface area contributed by atoms with Crippen molar-refractivity contribution in [3.05, 3.63) is 24.5 Å². The second kappa shape index (κ2) is 2.68. The lowest BCUT2D eigenvalue weighted by molar-refractivity contribution is 0.604. The molecule has 0 unspecified atom stereocenters. The van der Waals surface area contributed by atoms with Gasteiger partial charge in [0.2, 0.25) is 0 Å². The van der Waals surface area contributed by atoms with E-state index in [0.717, 1.165) is 0 Å². The van der Waals surface area contributed by atoms with Gasteiger partial charge in [-0.3, -0.25) is 0 Å². The summed E-state index contributed by atoms with van der Waals surface area (Å²) in [5, 5.41) is 0. The van der Waals surface area contributed by atoms with Crippen LogP contribution in [0.2, 0.25) is 0 Å². The molecular weight excluding hydrogens is 138 g/mol. The zero-order valence-electron chi connectivity index (χ0n) is 4.73. The molecule has 0 saturated carbocycles. The van der Waals surface area contributed by atoms with Crippen LogP contribution in [0.3, 0.4) is 0 Å². The zero-order chi connectivity index (χ0) is 6.69. The lowest BCUT2D eigenvalue weighted by Crippen LogP contribution is -1.93. The van der Waals surface area contributed by atoms with Crippen molar-refractivity contribution in [2.45, 2.75) is 5.88 Å². The van der Waals surface area contributed by atoms with Gasteiger partial charge in [0.25, 0.3) is 0 Å². The van der Waals surface area contributed by atoms with Crippen LogP contribution in [0.5, 0.6) is 0 Å². The molecule has 4 heteroatoms. The summed E-state index contributed by atoms with van der Waals surface area (Å²) >= 11 is 0. The summed E-state index contributed by atoms with van der Waals surface area (Å²) in [5.74, 6) is 0.0856. The Kier molecular flexibility index (Phi) is 1.89. The summed E-state index contributed by atoms with van der Waals surface area (Å²) in [4.78, 5) is 0. The molecule has 0 amide bonds. The average molecular weight is 145 g/mol. The first-order valence-corrected chi connectivity index (χ1v) is 3.88. The number of nitrogens with zero attached hydrogens (tertiary/aromatic N) is 1. The first-order chi connectivity index (χ1) is 4.29. The number of hydrogen-bond acceptors (Lipinski definition) is 2. The van der Waals surface area contributed by atoms with E-state index in [-0.39, 0.29) is 5.88 Å². The van der Waals surface area contributed by atoms with Crippen molar-refractivity contribution in [2.75, 3.05) is 0 Å². The fourth-order valence-electron chi connectivity index (χ4n) is 0.598. The third-order valence-corrected chi connectivity index (χ3v) is 1.50. The molecule has 0 aliphatic carbocycles. The fourth-order valence-corrected chi connectivity index (χ4v) is 1.05. The highest BCUT2D eigenvalue weighted by Gasteiger charge is 1.86. The van der Waals surface area contributed by atoms with Gasteiger partial charge in [0.15, 0.2) is 10.7 Å². The molecule has 0 radical (unpaired) electrons. The van der Waals surface area contributed by atoms with E-state index in [2.05, 4.69) is 0 Å². The van der Waals surface area contributed by atoms with Crippen molar-refractivity contribution >= 4 is 10.7 Å². The standard InChI is InChI=1S/C5H7NO2S/c7-9(8)5-6-3-1-2-4-6/h1-4,9H,5H2. The van der Waals surface area contributed by atoms with E-state index < -0.39 is 10.7 Å². The lowest BCUT2D eigenvalue weighted by atomic mass is 10.7. The fraction of sp³-hybridized carbons (Fsp3) is 0.200. The highest BCUT2D eigenvalue weighted by atomic mass is 32.2. The number of rotatable bonds is 2. The molecule has 0 aliphatic rings. The predicted molar refractivity (Wildman–Crippen MR) is 34.7 cm³/mol. The Morgan fingerprint density at radius 2 is 1.78 bits per heavy atom. The van der Waals surface area contributed by atoms with Crippen LogP contribution < -0.4 is 0 Å². The quantitative estimate of drug-likeness (QED) is 0.597. The molecule has 9 heavy (non-hydrogen) atoms. The molecule has 1 heterocycles. The molecule has 50 valence electrons. The van der Waals surface area contributed by atoms with Gasteiger partial charge >= 0.3 is 0 Å². The maximum atomic E-state index is 10.1. The molecule has 0 spiro atoms. The monoisotopic (exact) mass is 145 g/mol. The van der Waals surface area contributed by atoms with Gasteiger partial charge in [-0.25, -0.2) is 8.42 Å². The van der Waals surface area contributed by atoms with Gasteiger partial charge < -0.3 is 4.57 Å². The van der Waals surface area contributed by atoms with Crippen LogP contribution in [0.15, 0.2) is 24.5 Å². The SMILES string of the molecule is O=[SH](=O)Cn1cccc1. The maximum absolute atomic E-state index is 10.1. The van der Waals surface area contributed by atoms with Crippen LogP contribution in [0.25, 0.3) is 0 Å². The van der Waals surface area contributed by atoms with Crippen LogP contribution in [0.1, 0.15) is 0 Å². The van der Waals surface area contributed by atoms with Gasteiger partial charge in [-0.05, 0) is 12.1 Å². The minimum atomic E-state index is -2.29. The Balaban J connectivity index is 2.68. The molecule has 0 bridgehead atoms. The predicted octanol–water partition coefficient (Wildman–Crippen LogP) is 0.0570. The van der Waals surface area contributed by atoms with Crippen molar-refractivity contribution in [3.63, 3.8) is 0 Å². The number of hydrogen-bond donors (Lipinski definition) is 1. The minimum Gasteiger partial charge on any atom is -0.340 e. The van der Waals surface area contributed by atoms with Gasteiger partial charge in [-0.1, -0.05) is 0 Å². The summed E-state index contributed by atoms with van der Waals surface area (Å²) in [6.07, 6.45) is 3.43. The molecule has 1 aromatic rings. The van der Waals surface area contributed by atoms with Crippen LogP contribution in [0, 0.1) is 0 Å². The van der Waals surface area contributed by atoms with Gasteiger partial charge in [-0.2, -0.15) is 0 Å². The lowest BCUT2D eigenvalue weighted by Gasteiger charge is -1.90. The van der Waals surface area contributed by atoms with Crippen molar-refractivity contribution < 1.29 is 8.42 Å². The molecule has 0 fully saturated rings. The van der Waals surface area contributed by atoms with E-state index in [4.69, 9.17) is 0 Å². The van der Waals surface area contributed by atoms with Crippen molar-refractivity contribution in [3.8, 4) is 0 Å². The largest absolute Gasteiger partial charge is 0.340 e. The summed E-state index contributed by atoms with van der Waals surface area (Å²) in [6.45, 7) is 0.